The Morgan fingerprint density at radius 3 is 2.62 bits per heavy atom. The summed E-state index contributed by atoms with van der Waals surface area (Å²) < 4.78 is 27.4. The number of benzene rings is 1. The van der Waals surface area contributed by atoms with Gasteiger partial charge in [0.05, 0.1) is 4.90 Å². The molecular formula is C17H26IN7O2S2. The molecule has 0 atom stereocenters. The molecule has 1 aromatic heterocycles. The predicted molar refractivity (Wildman–Crippen MR) is 127 cm³/mol. The quantitative estimate of drug-likeness (QED) is 0.327. The summed E-state index contributed by atoms with van der Waals surface area (Å²) in [5.41, 5.74) is 0.826. The van der Waals surface area contributed by atoms with E-state index < -0.39 is 10.0 Å². The Kier molecular flexibility index (Phi) is 8.60. The zero-order valence-electron chi connectivity index (χ0n) is 16.4. The molecule has 0 bridgehead atoms. The second kappa shape index (κ2) is 10.5. The van der Waals surface area contributed by atoms with Crippen molar-refractivity contribution >= 4 is 56.6 Å². The van der Waals surface area contributed by atoms with Crippen molar-refractivity contribution in [2.75, 3.05) is 38.1 Å². The van der Waals surface area contributed by atoms with Gasteiger partial charge >= 0.3 is 0 Å². The highest BCUT2D eigenvalue weighted by Gasteiger charge is 2.22. The number of nitrogens with one attached hydrogen (secondary N) is 1. The first kappa shape index (κ1) is 23.8. The van der Waals surface area contributed by atoms with E-state index in [1.165, 1.54) is 17.6 Å². The van der Waals surface area contributed by atoms with Crippen LogP contribution in [-0.2, 0) is 23.0 Å². The number of nitrogens with zero attached hydrogens (tertiary/aromatic N) is 5. The summed E-state index contributed by atoms with van der Waals surface area (Å²) in [6, 6.07) is 6.61. The second-order valence-electron chi connectivity index (χ2n) is 6.41. The number of rotatable bonds is 5. The Morgan fingerprint density at radius 1 is 1.31 bits per heavy atom. The predicted octanol–water partition coefficient (Wildman–Crippen LogP) is 1.26. The number of aryl methyl sites for hydroxylation is 1. The van der Waals surface area contributed by atoms with Gasteiger partial charge in [0.2, 0.25) is 15.2 Å². The molecule has 0 radical (unpaired) electrons. The van der Waals surface area contributed by atoms with E-state index in [0.717, 1.165) is 55.1 Å². The maximum atomic E-state index is 11.5. The van der Waals surface area contributed by atoms with Gasteiger partial charge in [0, 0.05) is 57.7 Å². The van der Waals surface area contributed by atoms with Crippen molar-refractivity contribution in [1.29, 1.82) is 0 Å². The van der Waals surface area contributed by atoms with Crippen molar-refractivity contribution in [3.05, 3.63) is 35.7 Å². The van der Waals surface area contributed by atoms with Crippen LogP contribution < -0.4 is 15.4 Å². The largest absolute Gasteiger partial charge is 0.352 e. The lowest BCUT2D eigenvalue weighted by Gasteiger charge is -2.36. The first-order chi connectivity index (χ1) is 13.4. The van der Waals surface area contributed by atoms with E-state index in [9.17, 15) is 8.42 Å². The highest BCUT2D eigenvalue weighted by atomic mass is 127. The summed E-state index contributed by atoms with van der Waals surface area (Å²) in [6.45, 7) is 5.85. The van der Waals surface area contributed by atoms with Gasteiger partial charge in [-0.05, 0) is 17.7 Å². The van der Waals surface area contributed by atoms with Gasteiger partial charge in [-0.1, -0.05) is 19.1 Å². The minimum absolute atomic E-state index is 0. The summed E-state index contributed by atoms with van der Waals surface area (Å²) in [6.07, 6.45) is 0.847. The molecule has 9 nitrogen and oxygen atoms in total. The van der Waals surface area contributed by atoms with Crippen LogP contribution in [0.15, 0.2) is 34.2 Å². The van der Waals surface area contributed by atoms with Gasteiger partial charge in [-0.3, -0.25) is 4.99 Å². The van der Waals surface area contributed by atoms with Crippen LogP contribution in [0.3, 0.4) is 0 Å². The van der Waals surface area contributed by atoms with Crippen LogP contribution in [0.2, 0.25) is 0 Å². The fourth-order valence-corrected chi connectivity index (χ4v) is 4.36. The molecule has 1 fully saturated rings. The van der Waals surface area contributed by atoms with E-state index in [-0.39, 0.29) is 28.9 Å². The molecule has 1 aliphatic heterocycles. The number of nitrogens with two attached hydrogens (primary N) is 1. The topological polar surface area (TPSA) is 117 Å². The summed E-state index contributed by atoms with van der Waals surface area (Å²) in [4.78, 5) is 13.5. The van der Waals surface area contributed by atoms with Crippen molar-refractivity contribution < 1.29 is 8.42 Å². The van der Waals surface area contributed by atoms with Gasteiger partial charge in [-0.2, -0.15) is 4.37 Å². The number of hydrogen-bond acceptors (Lipinski definition) is 7. The normalized spacial score (nSPS) is 15.2. The first-order valence-electron chi connectivity index (χ1n) is 9.05. The minimum atomic E-state index is -3.71. The Morgan fingerprint density at radius 2 is 2.03 bits per heavy atom. The molecule has 1 saturated heterocycles. The fourth-order valence-electron chi connectivity index (χ4n) is 2.97. The molecule has 1 aliphatic rings. The van der Waals surface area contributed by atoms with E-state index in [4.69, 9.17) is 5.14 Å². The maximum Gasteiger partial charge on any atom is 0.238 e. The lowest BCUT2D eigenvalue weighted by Crippen LogP contribution is -2.52. The highest BCUT2D eigenvalue weighted by molar-refractivity contribution is 14.0. The van der Waals surface area contributed by atoms with Crippen molar-refractivity contribution in [3.63, 3.8) is 0 Å². The molecule has 1 aromatic carbocycles. The van der Waals surface area contributed by atoms with Crippen molar-refractivity contribution in [1.82, 2.24) is 19.6 Å². The zero-order chi connectivity index (χ0) is 20.1. The molecule has 0 amide bonds. The Bertz CT molecular complexity index is 941. The fraction of sp³-hybridized carbons (Fsp3) is 0.471. The van der Waals surface area contributed by atoms with E-state index in [2.05, 4.69) is 36.4 Å². The van der Waals surface area contributed by atoms with Crippen molar-refractivity contribution in [2.45, 2.75) is 24.8 Å². The number of piperazine rings is 1. The summed E-state index contributed by atoms with van der Waals surface area (Å²) in [5.74, 6) is 1.67. The molecule has 2 aromatic rings. The molecular weight excluding hydrogens is 525 g/mol. The van der Waals surface area contributed by atoms with Crippen molar-refractivity contribution in [3.8, 4) is 0 Å². The van der Waals surface area contributed by atoms with Crippen LogP contribution in [0.4, 0.5) is 5.13 Å². The molecule has 3 rings (SSSR count). The maximum absolute atomic E-state index is 11.5. The summed E-state index contributed by atoms with van der Waals surface area (Å²) >= 11 is 1.45. The smallest absolute Gasteiger partial charge is 0.238 e. The molecule has 0 unspecified atom stereocenters. The summed E-state index contributed by atoms with van der Waals surface area (Å²) in [7, 11) is -1.96. The van der Waals surface area contributed by atoms with E-state index in [1.54, 1.807) is 19.2 Å². The van der Waals surface area contributed by atoms with Gasteiger partial charge in [-0.15, -0.1) is 24.0 Å². The number of anilines is 1. The Balaban J connectivity index is 0.00000300. The number of sulfonamides is 1. The van der Waals surface area contributed by atoms with Gasteiger partial charge in [0.15, 0.2) is 5.96 Å². The van der Waals surface area contributed by atoms with Gasteiger partial charge in [0.25, 0.3) is 0 Å². The minimum Gasteiger partial charge on any atom is -0.352 e. The number of hydrogen-bond donors (Lipinski definition) is 2. The van der Waals surface area contributed by atoms with Crippen LogP contribution in [0.1, 0.15) is 18.3 Å². The first-order valence-corrected chi connectivity index (χ1v) is 11.4. The van der Waals surface area contributed by atoms with E-state index in [1.807, 2.05) is 6.07 Å². The number of primary sulfonamides is 1. The second-order valence-corrected chi connectivity index (χ2v) is 8.71. The van der Waals surface area contributed by atoms with E-state index >= 15 is 0 Å². The average molecular weight is 551 g/mol. The van der Waals surface area contributed by atoms with Crippen LogP contribution in [0.25, 0.3) is 0 Å². The average Bonchev–Trinajstić information content (AvgIpc) is 3.18. The van der Waals surface area contributed by atoms with Crippen LogP contribution in [0, 0.1) is 0 Å². The van der Waals surface area contributed by atoms with Crippen LogP contribution in [-0.4, -0.2) is 61.9 Å². The van der Waals surface area contributed by atoms with Crippen LogP contribution in [0.5, 0.6) is 0 Å². The number of aliphatic imine (C=N–C) groups is 1. The lowest BCUT2D eigenvalue weighted by molar-refractivity contribution is 0.372. The molecule has 160 valence electrons. The Labute approximate surface area is 192 Å². The zero-order valence-corrected chi connectivity index (χ0v) is 20.4. The highest BCUT2D eigenvalue weighted by Crippen LogP contribution is 2.19. The number of guanidine groups is 1. The van der Waals surface area contributed by atoms with Gasteiger partial charge in [-0.25, -0.2) is 18.5 Å². The standard InChI is InChI=1S/C17H25N7O2S2.HI/c1-3-15-21-17(27-22-15)24-9-7-23(8-10-24)16(19-2)20-12-13-5-4-6-14(11-13)28(18,25)26;/h4-6,11H,3,7-10,12H2,1-2H3,(H,19,20)(H2,18,25,26);1H. The number of aromatic nitrogens is 2. The molecule has 0 aliphatic carbocycles. The summed E-state index contributed by atoms with van der Waals surface area (Å²) in [5, 5.41) is 9.47. The third-order valence-corrected chi connectivity index (χ3v) is 6.24. The molecule has 12 heteroatoms. The molecule has 3 N–H and O–H groups in total. The molecule has 29 heavy (non-hydrogen) atoms. The van der Waals surface area contributed by atoms with Crippen molar-refractivity contribution in [2.24, 2.45) is 10.1 Å². The van der Waals surface area contributed by atoms with E-state index in [0.29, 0.717) is 6.54 Å². The number of halogens is 1. The molecule has 2 heterocycles. The molecule has 0 saturated carbocycles. The van der Waals surface area contributed by atoms with Gasteiger partial charge < -0.3 is 15.1 Å². The third kappa shape index (κ3) is 6.23. The third-order valence-electron chi connectivity index (χ3n) is 4.51. The Hall–Kier alpha value is -1.51. The van der Waals surface area contributed by atoms with Crippen LogP contribution >= 0.6 is 35.5 Å². The monoisotopic (exact) mass is 551 g/mol. The SMILES string of the molecule is CCc1nsc(N2CCN(C(=NC)NCc3cccc(S(N)(=O)=O)c3)CC2)n1.I. The van der Waals surface area contributed by atoms with Gasteiger partial charge in [0.1, 0.15) is 5.82 Å². The lowest BCUT2D eigenvalue weighted by atomic mass is 10.2. The molecule has 0 spiro atoms.